The van der Waals surface area contributed by atoms with Gasteiger partial charge in [0, 0.05) is 6.08 Å². The molecule has 0 aromatic heterocycles. The van der Waals surface area contributed by atoms with E-state index < -0.39 is 33.2 Å². The van der Waals surface area contributed by atoms with E-state index in [0.29, 0.717) is 11.5 Å². The van der Waals surface area contributed by atoms with E-state index in [2.05, 4.69) is 0 Å². The molecule has 0 amide bonds. The number of hydrogen-bond donors (Lipinski definition) is 2. The molecule has 2 atom stereocenters. The fraction of sp³-hybridized carbons (Fsp3) is 0.667. The van der Waals surface area contributed by atoms with Crippen molar-refractivity contribution in [2.24, 2.45) is 5.92 Å². The van der Waals surface area contributed by atoms with E-state index in [-0.39, 0.29) is 6.61 Å². The number of carbonyl (C=O) groups excluding carboxylic acids is 1. The Morgan fingerprint density at radius 1 is 1.38 bits per heavy atom. The maximum absolute atomic E-state index is 10.8. The molecule has 0 radical (unpaired) electrons. The molecule has 9 heteroatoms. The Labute approximate surface area is 134 Å². The molecule has 0 saturated carbocycles. The van der Waals surface area contributed by atoms with Gasteiger partial charge in [-0.2, -0.15) is 0 Å². The molecule has 2 unspecified atom stereocenters. The van der Waals surface area contributed by atoms with Gasteiger partial charge in [-0.3, -0.25) is 4.79 Å². The number of carboxylic acid groups (broad SMARTS) is 1. The van der Waals surface area contributed by atoms with E-state index in [1.807, 2.05) is 0 Å². The summed E-state index contributed by atoms with van der Waals surface area (Å²) in [5.41, 5.74) is 0. The van der Waals surface area contributed by atoms with Crippen LogP contribution in [-0.2, 0) is 24.4 Å². The minimum atomic E-state index is -3.75. The van der Waals surface area contributed by atoms with Crippen LogP contribution in [-0.4, -0.2) is 59.6 Å². The summed E-state index contributed by atoms with van der Waals surface area (Å²) in [5.74, 6) is -2.04. The second-order valence-corrected chi connectivity index (χ2v) is 6.14. The third-order valence-corrected chi connectivity index (χ3v) is 4.01. The Hall–Kier alpha value is -0.813. The van der Waals surface area contributed by atoms with Gasteiger partial charge in [-0.1, -0.05) is 13.0 Å². The number of rotatable bonds is 7. The van der Waals surface area contributed by atoms with Gasteiger partial charge in [0.25, 0.3) is 0 Å². The Kier molecular flexibility index (Phi) is 12.6. The van der Waals surface area contributed by atoms with Crippen molar-refractivity contribution in [3.05, 3.63) is 12.2 Å². The zero-order valence-corrected chi connectivity index (χ0v) is 13.6. The number of esters is 1. The van der Waals surface area contributed by atoms with E-state index in [1.54, 1.807) is 37.6 Å². The molecule has 0 rings (SSSR count). The van der Waals surface area contributed by atoms with Crippen molar-refractivity contribution in [3.8, 4) is 0 Å². The molecule has 0 aliphatic heterocycles. The van der Waals surface area contributed by atoms with Crippen molar-refractivity contribution >= 4 is 39.8 Å². The molecule has 0 fully saturated rings. The summed E-state index contributed by atoms with van der Waals surface area (Å²) in [6.07, 6.45) is 3.26. The van der Waals surface area contributed by atoms with Gasteiger partial charge in [0.05, 0.1) is 5.92 Å². The average Bonchev–Trinajstić information content (AvgIpc) is 2.38. The van der Waals surface area contributed by atoms with Crippen LogP contribution in [0.3, 0.4) is 0 Å². The number of hydrogen-bond acceptors (Lipinski definition) is 5. The number of carbonyl (C=O) groups is 2. The van der Waals surface area contributed by atoms with Crippen LogP contribution in [0, 0.1) is 5.92 Å². The third-order valence-electron chi connectivity index (χ3n) is 2.65. The molecule has 0 aromatic rings. The first-order chi connectivity index (χ1) is 9.59. The molecule has 0 spiro atoms. The normalized spacial score (nSPS) is 14.0. The summed E-state index contributed by atoms with van der Waals surface area (Å²) in [6, 6.07) is 0. The number of aliphatic carboxylic acids is 1. The average molecular weight is 316 g/mol. The zero-order valence-electron chi connectivity index (χ0n) is 12.8. The van der Waals surface area contributed by atoms with Crippen molar-refractivity contribution in [3.63, 3.8) is 0 Å². The molecule has 118 valence electrons. The standard InChI is InChI=1S/C9H14O4.C3H7O3S.Li/c1-3-5-8(10)13-6-7(4-2)9(11)12;1-3(2)7(4,5)6;/h3,5,7H,4,6H2,1-2H3,(H,11,12);3H,1H2,2H3,(H,4,5,6);. The SMILES string of the molecule is CC=CC(=O)OCC(CC)C(=O)O.[Li][CH2]C(C)S(=O)(=O)O. The third kappa shape index (κ3) is 12.6. The maximum atomic E-state index is 10.8. The molecule has 0 saturated heterocycles. The van der Waals surface area contributed by atoms with Gasteiger partial charge in [0.1, 0.15) is 6.61 Å². The van der Waals surface area contributed by atoms with E-state index in [1.165, 1.54) is 13.0 Å². The van der Waals surface area contributed by atoms with Gasteiger partial charge >= 0.3 is 70.0 Å². The predicted molar refractivity (Wildman–Crippen MR) is 78.8 cm³/mol. The molecule has 0 aromatic carbocycles. The Balaban J connectivity index is 0. The van der Waals surface area contributed by atoms with Crippen molar-refractivity contribution in [1.29, 1.82) is 0 Å². The molecular formula is C12H21LiO7S. The van der Waals surface area contributed by atoms with Crippen LogP contribution >= 0.6 is 0 Å². The van der Waals surface area contributed by atoms with Crippen molar-refractivity contribution in [2.45, 2.75) is 37.5 Å². The first kappa shape index (κ1) is 22.5. The first-order valence-corrected chi connectivity index (χ1v) is 8.08. The van der Waals surface area contributed by atoms with E-state index in [4.69, 9.17) is 14.4 Å². The van der Waals surface area contributed by atoms with Gasteiger partial charge < -0.3 is 9.84 Å². The number of ether oxygens (including phenoxy) is 1. The number of allylic oxidation sites excluding steroid dienone is 1. The van der Waals surface area contributed by atoms with Crippen molar-refractivity contribution < 1.29 is 32.4 Å². The van der Waals surface area contributed by atoms with Crippen LogP contribution < -0.4 is 0 Å². The first-order valence-electron chi connectivity index (χ1n) is 6.58. The van der Waals surface area contributed by atoms with E-state index in [9.17, 15) is 18.0 Å². The van der Waals surface area contributed by atoms with Crippen LogP contribution in [0.2, 0.25) is 5.09 Å². The van der Waals surface area contributed by atoms with Crippen molar-refractivity contribution in [2.75, 3.05) is 6.61 Å². The molecular weight excluding hydrogens is 295 g/mol. The molecule has 0 aliphatic carbocycles. The number of carboxylic acids is 1. The van der Waals surface area contributed by atoms with Crippen molar-refractivity contribution in [1.82, 2.24) is 0 Å². The summed E-state index contributed by atoms with van der Waals surface area (Å²) >= 11 is 1.71. The monoisotopic (exact) mass is 316 g/mol. The van der Waals surface area contributed by atoms with Gasteiger partial charge in [0.15, 0.2) is 0 Å². The van der Waals surface area contributed by atoms with Gasteiger partial charge in [-0.25, -0.2) is 4.79 Å². The van der Waals surface area contributed by atoms with Gasteiger partial charge in [-0.05, 0) is 13.3 Å². The fourth-order valence-corrected chi connectivity index (χ4v) is 1.36. The Morgan fingerprint density at radius 2 is 1.90 bits per heavy atom. The van der Waals surface area contributed by atoms with Crippen LogP contribution in [0.25, 0.3) is 0 Å². The zero-order chi connectivity index (χ0) is 17.1. The van der Waals surface area contributed by atoms with E-state index in [0.717, 1.165) is 0 Å². The summed E-state index contributed by atoms with van der Waals surface area (Å²) < 4.78 is 33.2. The second-order valence-electron chi connectivity index (χ2n) is 4.31. The van der Waals surface area contributed by atoms with Crippen LogP contribution in [0.15, 0.2) is 12.2 Å². The molecule has 0 heterocycles. The van der Waals surface area contributed by atoms with Crippen LogP contribution in [0.1, 0.15) is 27.2 Å². The van der Waals surface area contributed by atoms with Gasteiger partial charge in [-0.15, -0.1) is 0 Å². The molecule has 21 heavy (non-hydrogen) atoms. The fourth-order valence-electron chi connectivity index (χ4n) is 0.941. The van der Waals surface area contributed by atoms with E-state index >= 15 is 0 Å². The summed E-state index contributed by atoms with van der Waals surface area (Å²) in [7, 11) is -3.75. The van der Waals surface area contributed by atoms with Gasteiger partial charge in [0.2, 0.25) is 0 Å². The Bertz CT molecular complexity index is 445. The topological polar surface area (TPSA) is 118 Å². The molecule has 7 nitrogen and oxygen atoms in total. The molecule has 2 N–H and O–H groups in total. The Morgan fingerprint density at radius 3 is 2.14 bits per heavy atom. The summed E-state index contributed by atoms with van der Waals surface area (Å²) in [5, 5.41) is 8.44. The predicted octanol–water partition coefficient (Wildman–Crippen LogP) is 1.07. The summed E-state index contributed by atoms with van der Waals surface area (Å²) in [4.78, 5) is 21.3. The molecule has 0 aliphatic rings. The quantitative estimate of drug-likeness (QED) is 0.312. The minimum absolute atomic E-state index is 0.0605. The molecule has 0 bridgehead atoms. The summed E-state index contributed by atoms with van der Waals surface area (Å²) in [6.45, 7) is 4.84. The second kappa shape index (κ2) is 11.8. The van der Waals surface area contributed by atoms with Crippen LogP contribution in [0.4, 0.5) is 0 Å². The van der Waals surface area contributed by atoms with Crippen LogP contribution in [0.5, 0.6) is 0 Å².